The maximum absolute atomic E-state index is 12.0. The fraction of sp³-hybridized carbons (Fsp3) is 0.389. The lowest BCUT2D eigenvalue weighted by atomic mass is 10.0. The van der Waals surface area contributed by atoms with Gasteiger partial charge in [-0.3, -0.25) is 0 Å². The van der Waals surface area contributed by atoms with Gasteiger partial charge in [-0.15, -0.1) is 0 Å². The largest absolute Gasteiger partial charge is 0.335 e. The van der Waals surface area contributed by atoms with Crippen molar-refractivity contribution < 1.29 is 4.79 Å². The minimum atomic E-state index is 0.0459. The summed E-state index contributed by atoms with van der Waals surface area (Å²) >= 11 is 0. The highest BCUT2D eigenvalue weighted by molar-refractivity contribution is 5.85. The van der Waals surface area contributed by atoms with Crippen LogP contribution in [-0.2, 0) is 6.42 Å². The van der Waals surface area contributed by atoms with Crippen LogP contribution in [0.1, 0.15) is 18.9 Å². The zero-order valence-electron chi connectivity index (χ0n) is 12.7. The molecule has 0 radical (unpaired) electrons. The minimum absolute atomic E-state index is 0.0459. The maximum Gasteiger partial charge on any atom is 0.317 e. The van der Waals surface area contributed by atoms with Crippen molar-refractivity contribution in [2.75, 3.05) is 13.6 Å². The van der Waals surface area contributed by atoms with Crippen LogP contribution < -0.4 is 5.32 Å². The standard InChI is InChI=1S/C18H22N2O/c1-13-12-17(13)19-18(21)20(2)11-10-15-8-5-7-14-6-3-4-9-16(14)15/h3-9,13,17H,10-12H2,1-2H3,(H,19,21). The van der Waals surface area contributed by atoms with Crippen LogP contribution in [0.5, 0.6) is 0 Å². The number of hydrogen-bond donors (Lipinski definition) is 1. The summed E-state index contributed by atoms with van der Waals surface area (Å²) < 4.78 is 0. The van der Waals surface area contributed by atoms with Crippen LogP contribution in [0.4, 0.5) is 4.79 Å². The zero-order valence-corrected chi connectivity index (χ0v) is 12.7. The van der Waals surface area contributed by atoms with Gasteiger partial charge in [0.15, 0.2) is 0 Å². The number of rotatable bonds is 4. The number of hydrogen-bond acceptors (Lipinski definition) is 1. The fourth-order valence-electron chi connectivity index (χ4n) is 2.69. The minimum Gasteiger partial charge on any atom is -0.335 e. The van der Waals surface area contributed by atoms with E-state index in [1.54, 1.807) is 4.90 Å². The third-order valence-corrected chi connectivity index (χ3v) is 4.36. The maximum atomic E-state index is 12.0. The smallest absolute Gasteiger partial charge is 0.317 e. The lowest BCUT2D eigenvalue weighted by Gasteiger charge is -2.18. The number of likely N-dealkylation sites (N-methyl/N-ethyl adjacent to an activating group) is 1. The molecule has 2 aromatic rings. The Hall–Kier alpha value is -2.03. The summed E-state index contributed by atoms with van der Waals surface area (Å²) in [6.07, 6.45) is 1.99. The molecule has 2 atom stereocenters. The number of urea groups is 1. The highest BCUT2D eigenvalue weighted by Gasteiger charge is 2.34. The highest BCUT2D eigenvalue weighted by Crippen LogP contribution is 2.29. The van der Waals surface area contributed by atoms with E-state index < -0.39 is 0 Å². The van der Waals surface area contributed by atoms with Crippen molar-refractivity contribution in [2.45, 2.75) is 25.8 Å². The highest BCUT2D eigenvalue weighted by atomic mass is 16.2. The van der Waals surface area contributed by atoms with Crippen molar-refractivity contribution in [3.05, 3.63) is 48.0 Å². The third kappa shape index (κ3) is 3.18. The number of carbonyl (C=O) groups is 1. The first-order valence-corrected chi connectivity index (χ1v) is 7.63. The summed E-state index contributed by atoms with van der Waals surface area (Å²) in [6.45, 7) is 2.90. The van der Waals surface area contributed by atoms with Gasteiger partial charge in [0.2, 0.25) is 0 Å². The second-order valence-electron chi connectivity index (χ2n) is 6.08. The lowest BCUT2D eigenvalue weighted by molar-refractivity contribution is 0.208. The van der Waals surface area contributed by atoms with E-state index in [2.05, 4.69) is 54.7 Å². The van der Waals surface area contributed by atoms with Crippen LogP contribution in [0, 0.1) is 5.92 Å². The molecule has 3 rings (SSSR count). The Morgan fingerprint density at radius 2 is 1.95 bits per heavy atom. The lowest BCUT2D eigenvalue weighted by Crippen LogP contribution is -2.39. The fourth-order valence-corrected chi connectivity index (χ4v) is 2.69. The van der Waals surface area contributed by atoms with Crippen molar-refractivity contribution in [1.29, 1.82) is 0 Å². The Labute approximate surface area is 125 Å². The number of benzene rings is 2. The number of nitrogens with one attached hydrogen (secondary N) is 1. The van der Waals surface area contributed by atoms with Crippen LogP contribution in [0.2, 0.25) is 0 Å². The molecule has 0 spiro atoms. The van der Waals surface area contributed by atoms with E-state index >= 15 is 0 Å². The molecule has 2 amide bonds. The Bertz CT molecular complexity index is 647. The third-order valence-electron chi connectivity index (χ3n) is 4.36. The van der Waals surface area contributed by atoms with E-state index in [4.69, 9.17) is 0 Å². The molecule has 3 nitrogen and oxygen atoms in total. The predicted octanol–water partition coefficient (Wildman–Crippen LogP) is 3.43. The molecule has 2 aromatic carbocycles. The molecule has 1 saturated carbocycles. The second kappa shape index (κ2) is 5.76. The molecule has 1 aliphatic rings. The van der Waals surface area contributed by atoms with E-state index in [0.717, 1.165) is 19.4 Å². The molecular weight excluding hydrogens is 260 g/mol. The first kappa shape index (κ1) is 13.9. The van der Waals surface area contributed by atoms with Crippen LogP contribution in [0.25, 0.3) is 10.8 Å². The zero-order chi connectivity index (χ0) is 14.8. The van der Waals surface area contributed by atoms with Crippen molar-refractivity contribution in [3.63, 3.8) is 0 Å². The molecule has 0 heterocycles. The summed E-state index contributed by atoms with van der Waals surface area (Å²) in [4.78, 5) is 13.8. The molecule has 3 heteroatoms. The molecule has 1 aliphatic carbocycles. The van der Waals surface area contributed by atoms with E-state index in [-0.39, 0.29) is 6.03 Å². The van der Waals surface area contributed by atoms with Gasteiger partial charge in [0, 0.05) is 19.6 Å². The number of amides is 2. The van der Waals surface area contributed by atoms with Crippen molar-refractivity contribution >= 4 is 16.8 Å². The Balaban J connectivity index is 1.62. The first-order valence-electron chi connectivity index (χ1n) is 7.63. The van der Waals surface area contributed by atoms with Crippen LogP contribution in [0.3, 0.4) is 0 Å². The van der Waals surface area contributed by atoms with Gasteiger partial charge in [-0.05, 0) is 35.1 Å². The van der Waals surface area contributed by atoms with E-state index in [1.165, 1.54) is 16.3 Å². The van der Waals surface area contributed by atoms with Gasteiger partial charge in [0.25, 0.3) is 0 Å². The van der Waals surface area contributed by atoms with Gasteiger partial charge in [-0.25, -0.2) is 4.79 Å². The van der Waals surface area contributed by atoms with Gasteiger partial charge in [-0.1, -0.05) is 49.4 Å². The molecule has 1 N–H and O–H groups in total. The molecule has 21 heavy (non-hydrogen) atoms. The van der Waals surface area contributed by atoms with Crippen molar-refractivity contribution in [2.24, 2.45) is 5.92 Å². The summed E-state index contributed by atoms with van der Waals surface area (Å²) in [7, 11) is 1.87. The van der Waals surface area contributed by atoms with Gasteiger partial charge in [-0.2, -0.15) is 0 Å². The number of fused-ring (bicyclic) bond motifs is 1. The molecule has 0 saturated heterocycles. The molecule has 2 unspecified atom stereocenters. The Morgan fingerprint density at radius 3 is 2.71 bits per heavy atom. The molecule has 110 valence electrons. The SMILES string of the molecule is CC1CC1NC(=O)N(C)CCc1cccc2ccccc12. The normalized spacial score (nSPS) is 20.3. The van der Waals surface area contributed by atoms with Crippen molar-refractivity contribution in [3.8, 4) is 0 Å². The van der Waals surface area contributed by atoms with Crippen LogP contribution >= 0.6 is 0 Å². The van der Waals surface area contributed by atoms with Gasteiger partial charge in [0.05, 0.1) is 0 Å². The average Bonchev–Trinajstić information content (AvgIpc) is 3.19. The molecule has 1 fully saturated rings. The predicted molar refractivity (Wildman–Crippen MR) is 86.4 cm³/mol. The Kier molecular flexibility index (Phi) is 3.82. The first-order chi connectivity index (χ1) is 10.1. The Morgan fingerprint density at radius 1 is 1.24 bits per heavy atom. The van der Waals surface area contributed by atoms with Crippen LogP contribution in [0.15, 0.2) is 42.5 Å². The molecule has 0 aliphatic heterocycles. The number of nitrogens with zero attached hydrogens (tertiary/aromatic N) is 1. The molecule has 0 aromatic heterocycles. The van der Waals surface area contributed by atoms with Gasteiger partial charge in [0.1, 0.15) is 0 Å². The second-order valence-corrected chi connectivity index (χ2v) is 6.08. The molecule has 0 bridgehead atoms. The summed E-state index contributed by atoms with van der Waals surface area (Å²) in [5.74, 6) is 0.639. The van der Waals surface area contributed by atoms with E-state index in [1.807, 2.05) is 7.05 Å². The monoisotopic (exact) mass is 282 g/mol. The van der Waals surface area contributed by atoms with Crippen LogP contribution in [-0.4, -0.2) is 30.6 Å². The topological polar surface area (TPSA) is 32.3 Å². The van der Waals surface area contributed by atoms with Crippen molar-refractivity contribution in [1.82, 2.24) is 10.2 Å². The van der Waals surface area contributed by atoms with E-state index in [0.29, 0.717) is 12.0 Å². The van der Waals surface area contributed by atoms with Gasteiger partial charge < -0.3 is 10.2 Å². The van der Waals surface area contributed by atoms with E-state index in [9.17, 15) is 4.79 Å². The molecular formula is C18H22N2O. The number of carbonyl (C=O) groups excluding carboxylic acids is 1. The van der Waals surface area contributed by atoms with Gasteiger partial charge >= 0.3 is 6.03 Å². The average molecular weight is 282 g/mol. The quantitative estimate of drug-likeness (QED) is 0.915. The summed E-state index contributed by atoms with van der Waals surface area (Å²) in [5, 5.41) is 5.60. The summed E-state index contributed by atoms with van der Waals surface area (Å²) in [5.41, 5.74) is 1.30. The summed E-state index contributed by atoms with van der Waals surface area (Å²) in [6, 6.07) is 15.2.